The van der Waals surface area contributed by atoms with E-state index in [4.69, 9.17) is 0 Å². The van der Waals surface area contributed by atoms with E-state index in [0.717, 1.165) is 36.1 Å². The lowest BCUT2D eigenvalue weighted by Crippen LogP contribution is -2.24. The van der Waals surface area contributed by atoms with Gasteiger partial charge in [-0.15, -0.1) is 0 Å². The van der Waals surface area contributed by atoms with Gasteiger partial charge in [-0.05, 0) is 58.5 Å². The van der Waals surface area contributed by atoms with Crippen LogP contribution in [0.5, 0.6) is 0 Å². The maximum atomic E-state index is 12.5. The molecule has 1 aliphatic rings. The molecule has 0 saturated carbocycles. The van der Waals surface area contributed by atoms with Gasteiger partial charge in [-0.1, -0.05) is 79.2 Å². The molecule has 0 saturated heterocycles. The highest BCUT2D eigenvalue weighted by Gasteiger charge is 2.21. The lowest BCUT2D eigenvalue weighted by molar-refractivity contribution is 0.0953. The van der Waals surface area contributed by atoms with Crippen molar-refractivity contribution in [2.24, 2.45) is 4.99 Å². The summed E-state index contributed by atoms with van der Waals surface area (Å²) < 4.78 is 0. The van der Waals surface area contributed by atoms with E-state index < -0.39 is 0 Å². The van der Waals surface area contributed by atoms with Gasteiger partial charge in [0.1, 0.15) is 0 Å². The third-order valence-corrected chi connectivity index (χ3v) is 6.19. The Kier molecular flexibility index (Phi) is 5.80. The first kappa shape index (κ1) is 20.2. The molecular formula is C29H26N2O. The highest BCUT2D eigenvalue weighted by Crippen LogP contribution is 2.40. The fourth-order valence-corrected chi connectivity index (χ4v) is 4.49. The normalized spacial score (nSPS) is 14.4. The van der Waals surface area contributed by atoms with Crippen LogP contribution in [-0.2, 0) is 0 Å². The fourth-order valence-electron chi connectivity index (χ4n) is 4.49. The third-order valence-electron chi connectivity index (χ3n) is 6.19. The monoisotopic (exact) mass is 418 g/mol. The fraction of sp³-hybridized carbons (Fsp3) is 0.172. The zero-order valence-corrected chi connectivity index (χ0v) is 18.0. The van der Waals surface area contributed by atoms with E-state index in [-0.39, 0.29) is 5.91 Å². The van der Waals surface area contributed by atoms with Crippen molar-refractivity contribution < 1.29 is 4.79 Å². The molecule has 1 unspecified atom stereocenters. The van der Waals surface area contributed by atoms with E-state index in [1.165, 1.54) is 16.3 Å². The number of carbonyl (C=O) groups excluding carboxylic acids is 1. The van der Waals surface area contributed by atoms with E-state index in [1.54, 1.807) is 0 Å². The number of fused-ring (bicyclic) bond motifs is 3. The Morgan fingerprint density at radius 2 is 1.53 bits per heavy atom. The van der Waals surface area contributed by atoms with Crippen molar-refractivity contribution in [3.05, 3.63) is 102 Å². The molecule has 1 atom stereocenters. The zero-order chi connectivity index (χ0) is 21.8. The lowest BCUT2D eigenvalue weighted by atomic mass is 9.91. The summed E-state index contributed by atoms with van der Waals surface area (Å²) in [7, 11) is 0. The van der Waals surface area contributed by atoms with Gasteiger partial charge in [-0.25, -0.2) is 0 Å². The first-order valence-corrected chi connectivity index (χ1v) is 11.3. The van der Waals surface area contributed by atoms with Gasteiger partial charge in [0.15, 0.2) is 0 Å². The molecule has 1 amide bonds. The maximum Gasteiger partial charge on any atom is 0.251 e. The molecule has 5 rings (SSSR count). The van der Waals surface area contributed by atoms with Crippen molar-refractivity contribution in [2.45, 2.75) is 25.2 Å². The molecular weight excluding hydrogens is 392 g/mol. The number of aliphatic imine (C=N–C) groups is 1. The van der Waals surface area contributed by atoms with Crippen LogP contribution < -0.4 is 5.32 Å². The quantitative estimate of drug-likeness (QED) is 0.326. The van der Waals surface area contributed by atoms with Crippen LogP contribution in [0.2, 0.25) is 0 Å². The predicted molar refractivity (Wildman–Crippen MR) is 133 cm³/mol. The number of amides is 1. The predicted octanol–water partition coefficient (Wildman–Crippen LogP) is 6.91. The smallest absolute Gasteiger partial charge is 0.251 e. The van der Waals surface area contributed by atoms with Crippen LogP contribution in [0, 0.1) is 0 Å². The molecule has 0 radical (unpaired) electrons. The largest absolute Gasteiger partial charge is 0.352 e. The van der Waals surface area contributed by atoms with Gasteiger partial charge >= 0.3 is 0 Å². The highest BCUT2D eigenvalue weighted by atomic mass is 16.1. The zero-order valence-electron chi connectivity index (χ0n) is 18.0. The van der Waals surface area contributed by atoms with Gasteiger partial charge in [0.25, 0.3) is 5.91 Å². The molecule has 1 aliphatic heterocycles. The van der Waals surface area contributed by atoms with Crippen molar-refractivity contribution in [2.75, 3.05) is 6.54 Å². The minimum Gasteiger partial charge on any atom is -0.352 e. The summed E-state index contributed by atoms with van der Waals surface area (Å²) >= 11 is 0. The summed E-state index contributed by atoms with van der Waals surface area (Å²) in [4.78, 5) is 17.1. The first-order chi connectivity index (χ1) is 15.8. The standard InChI is InChI=1S/C29H26N2O/c32-29(24-15-13-22(14-16-24)21-8-2-1-3-9-21)30-19-7-6-11-25-20-31-27-18-17-23-10-4-5-12-26(23)28(25)27/h1-5,8-10,12-18,20,25H,6-7,11,19H2,(H,30,32). The Bertz CT molecular complexity index is 1260. The van der Waals surface area contributed by atoms with Crippen molar-refractivity contribution in [1.29, 1.82) is 0 Å². The summed E-state index contributed by atoms with van der Waals surface area (Å²) in [5.41, 5.74) is 5.43. The molecule has 0 bridgehead atoms. The maximum absolute atomic E-state index is 12.5. The minimum atomic E-state index is -0.0108. The molecule has 0 aromatic heterocycles. The summed E-state index contributed by atoms with van der Waals surface area (Å²) in [5.74, 6) is 0.348. The number of unbranched alkanes of at least 4 members (excludes halogenated alkanes) is 1. The molecule has 32 heavy (non-hydrogen) atoms. The number of hydrogen-bond acceptors (Lipinski definition) is 2. The first-order valence-electron chi connectivity index (χ1n) is 11.3. The molecule has 1 heterocycles. The molecule has 0 fully saturated rings. The molecule has 4 aromatic rings. The average molecular weight is 419 g/mol. The van der Waals surface area contributed by atoms with Crippen molar-refractivity contribution in [3.63, 3.8) is 0 Å². The Labute approximate surface area is 188 Å². The third kappa shape index (κ3) is 4.19. The number of nitrogens with one attached hydrogen (secondary N) is 1. The van der Waals surface area contributed by atoms with Gasteiger partial charge in [-0.3, -0.25) is 9.79 Å². The molecule has 4 aromatic carbocycles. The Hall–Kier alpha value is -3.72. The number of benzene rings is 4. The minimum absolute atomic E-state index is 0.0108. The van der Waals surface area contributed by atoms with Crippen molar-refractivity contribution >= 4 is 28.6 Å². The van der Waals surface area contributed by atoms with Crippen molar-refractivity contribution in [3.8, 4) is 11.1 Å². The van der Waals surface area contributed by atoms with Crippen LogP contribution in [0.15, 0.2) is 96.0 Å². The van der Waals surface area contributed by atoms with E-state index in [9.17, 15) is 4.79 Å². The van der Waals surface area contributed by atoms with Gasteiger partial charge < -0.3 is 5.32 Å². The Balaban J connectivity index is 1.12. The van der Waals surface area contributed by atoms with Gasteiger partial charge in [0, 0.05) is 24.2 Å². The molecule has 0 aliphatic carbocycles. The van der Waals surface area contributed by atoms with Crippen molar-refractivity contribution in [1.82, 2.24) is 5.32 Å². The lowest BCUT2D eigenvalue weighted by Gasteiger charge is -2.13. The van der Waals surface area contributed by atoms with Crippen LogP contribution in [0.1, 0.15) is 41.1 Å². The van der Waals surface area contributed by atoms with E-state index in [1.807, 2.05) is 42.5 Å². The van der Waals surface area contributed by atoms with Gasteiger partial charge in [0.05, 0.1) is 5.69 Å². The van der Waals surface area contributed by atoms with Crippen LogP contribution in [0.25, 0.3) is 21.9 Å². The van der Waals surface area contributed by atoms with Gasteiger partial charge in [0.2, 0.25) is 0 Å². The second kappa shape index (κ2) is 9.19. The molecule has 0 spiro atoms. The van der Waals surface area contributed by atoms with Crippen LogP contribution in [-0.4, -0.2) is 18.7 Å². The second-order valence-electron chi connectivity index (χ2n) is 8.30. The van der Waals surface area contributed by atoms with Crippen LogP contribution in [0.3, 0.4) is 0 Å². The molecule has 158 valence electrons. The topological polar surface area (TPSA) is 41.5 Å². The Morgan fingerprint density at radius 1 is 0.781 bits per heavy atom. The van der Waals surface area contributed by atoms with E-state index in [2.05, 4.69) is 65.1 Å². The summed E-state index contributed by atoms with van der Waals surface area (Å²) in [6, 6.07) is 30.8. The van der Waals surface area contributed by atoms with E-state index in [0.29, 0.717) is 18.0 Å². The summed E-state index contributed by atoms with van der Waals surface area (Å²) in [6.07, 6.45) is 5.14. The highest BCUT2D eigenvalue weighted by molar-refractivity contribution is 5.97. The number of hydrogen-bond donors (Lipinski definition) is 1. The number of rotatable bonds is 7. The van der Waals surface area contributed by atoms with Gasteiger partial charge in [-0.2, -0.15) is 0 Å². The molecule has 1 N–H and O–H groups in total. The number of carbonyl (C=O) groups is 1. The molecule has 3 nitrogen and oxygen atoms in total. The Morgan fingerprint density at radius 3 is 2.38 bits per heavy atom. The van der Waals surface area contributed by atoms with Crippen LogP contribution >= 0.6 is 0 Å². The number of nitrogens with zero attached hydrogens (tertiary/aromatic N) is 1. The average Bonchev–Trinajstić information content (AvgIpc) is 3.28. The summed E-state index contributed by atoms with van der Waals surface area (Å²) in [5, 5.41) is 5.64. The second-order valence-corrected chi connectivity index (χ2v) is 8.30. The SMILES string of the molecule is O=C(NCCCCC1C=Nc2ccc3ccccc3c21)c1ccc(-c2ccccc2)cc1. The van der Waals surface area contributed by atoms with Crippen LogP contribution in [0.4, 0.5) is 5.69 Å². The molecule has 3 heteroatoms. The summed E-state index contributed by atoms with van der Waals surface area (Å²) in [6.45, 7) is 0.686. The van der Waals surface area contributed by atoms with E-state index >= 15 is 0 Å².